The monoisotopic (exact) mass is 205 g/mol. The zero-order valence-electron chi connectivity index (χ0n) is 7.91. The second-order valence-corrected chi connectivity index (χ2v) is 6.05. The van der Waals surface area contributed by atoms with E-state index in [1.165, 1.54) is 0 Å². The predicted octanol–water partition coefficient (Wildman–Crippen LogP) is 0.280. The van der Waals surface area contributed by atoms with Crippen molar-refractivity contribution in [3.8, 4) is 0 Å². The predicted molar refractivity (Wildman–Crippen MR) is 49.5 cm³/mol. The van der Waals surface area contributed by atoms with Gasteiger partial charge in [0, 0.05) is 12.8 Å². The Morgan fingerprint density at radius 1 is 1.46 bits per heavy atom. The molecule has 76 valence electrons. The summed E-state index contributed by atoms with van der Waals surface area (Å²) in [6.45, 7) is 3.68. The van der Waals surface area contributed by atoms with Gasteiger partial charge in [0.05, 0.1) is 5.75 Å². The number of hydrogen-bond donors (Lipinski definition) is 1. The number of rotatable bonds is 3. The van der Waals surface area contributed by atoms with Gasteiger partial charge >= 0.3 is 0 Å². The Morgan fingerprint density at radius 3 is 2.23 bits per heavy atom. The molecule has 1 aliphatic rings. The molecule has 1 aliphatic carbocycles. The van der Waals surface area contributed by atoms with Gasteiger partial charge in [-0.1, -0.05) is 13.8 Å². The molecule has 4 nitrogen and oxygen atoms in total. The van der Waals surface area contributed by atoms with Gasteiger partial charge in [-0.2, -0.15) is 0 Å². The van der Waals surface area contributed by atoms with E-state index in [0.717, 1.165) is 0 Å². The smallest absolute Gasteiger partial charge is 0.209 e. The molecule has 0 aromatic carbocycles. The summed E-state index contributed by atoms with van der Waals surface area (Å²) in [5, 5.41) is 4.96. The highest BCUT2D eigenvalue weighted by atomic mass is 32.2. The van der Waals surface area contributed by atoms with Crippen molar-refractivity contribution in [2.24, 2.45) is 16.5 Å². The summed E-state index contributed by atoms with van der Waals surface area (Å²) in [7, 11) is -3.43. The minimum atomic E-state index is -3.43. The lowest BCUT2D eigenvalue weighted by Crippen LogP contribution is -2.41. The SMILES string of the molecule is CC(C)(CS(N)(=O)=O)C1CC(=O)C1. The van der Waals surface area contributed by atoms with Crippen LogP contribution in [0, 0.1) is 11.3 Å². The van der Waals surface area contributed by atoms with Gasteiger partial charge in [0.15, 0.2) is 0 Å². The molecule has 0 amide bonds. The van der Waals surface area contributed by atoms with E-state index in [0.29, 0.717) is 12.8 Å². The van der Waals surface area contributed by atoms with E-state index in [9.17, 15) is 13.2 Å². The molecule has 0 atom stereocenters. The molecule has 2 N–H and O–H groups in total. The molecule has 5 heteroatoms. The third kappa shape index (κ3) is 2.77. The van der Waals surface area contributed by atoms with E-state index in [2.05, 4.69) is 0 Å². The molecule has 0 aliphatic heterocycles. The van der Waals surface area contributed by atoms with Gasteiger partial charge in [0.25, 0.3) is 0 Å². The Morgan fingerprint density at radius 2 is 1.92 bits per heavy atom. The number of ketones is 1. The van der Waals surface area contributed by atoms with Gasteiger partial charge < -0.3 is 0 Å². The van der Waals surface area contributed by atoms with E-state index < -0.39 is 10.0 Å². The number of carbonyl (C=O) groups is 1. The van der Waals surface area contributed by atoms with Crippen molar-refractivity contribution >= 4 is 15.8 Å². The molecular formula is C8H15NO3S. The van der Waals surface area contributed by atoms with Crippen LogP contribution in [-0.4, -0.2) is 20.0 Å². The molecule has 0 heterocycles. The van der Waals surface area contributed by atoms with Crippen LogP contribution in [0.2, 0.25) is 0 Å². The Balaban J connectivity index is 2.61. The topological polar surface area (TPSA) is 77.2 Å². The average Bonchev–Trinajstić information content (AvgIpc) is 1.74. The fraction of sp³-hybridized carbons (Fsp3) is 0.875. The van der Waals surface area contributed by atoms with Crippen molar-refractivity contribution in [2.75, 3.05) is 5.75 Å². The third-order valence-corrected chi connectivity index (χ3v) is 3.77. The first-order valence-corrected chi connectivity index (χ1v) is 5.94. The van der Waals surface area contributed by atoms with Crippen LogP contribution in [0.1, 0.15) is 26.7 Å². The van der Waals surface area contributed by atoms with Gasteiger partial charge in [0.1, 0.15) is 5.78 Å². The fourth-order valence-electron chi connectivity index (χ4n) is 1.68. The van der Waals surface area contributed by atoms with Crippen molar-refractivity contribution in [1.29, 1.82) is 0 Å². The fourth-order valence-corrected chi connectivity index (χ4v) is 2.95. The van der Waals surface area contributed by atoms with Crippen LogP contribution >= 0.6 is 0 Å². The number of nitrogens with two attached hydrogens (primary N) is 1. The molecule has 1 saturated carbocycles. The van der Waals surface area contributed by atoms with Crippen molar-refractivity contribution in [2.45, 2.75) is 26.7 Å². The Kier molecular flexibility index (Phi) is 2.51. The van der Waals surface area contributed by atoms with Crippen molar-refractivity contribution in [1.82, 2.24) is 0 Å². The highest BCUT2D eigenvalue weighted by Gasteiger charge is 2.40. The Bertz CT molecular complexity index is 310. The van der Waals surface area contributed by atoms with Gasteiger partial charge in [-0.05, 0) is 11.3 Å². The summed E-state index contributed by atoms with van der Waals surface area (Å²) < 4.78 is 21.7. The lowest BCUT2D eigenvalue weighted by Gasteiger charge is -2.38. The van der Waals surface area contributed by atoms with Crippen LogP contribution in [0.4, 0.5) is 0 Å². The van der Waals surface area contributed by atoms with Crippen molar-refractivity contribution in [3.63, 3.8) is 0 Å². The minimum absolute atomic E-state index is 0.0437. The maximum Gasteiger partial charge on any atom is 0.209 e. The van der Waals surface area contributed by atoms with Gasteiger partial charge in [-0.3, -0.25) is 4.79 Å². The van der Waals surface area contributed by atoms with E-state index in [4.69, 9.17) is 5.14 Å². The van der Waals surface area contributed by atoms with Crippen LogP contribution in [-0.2, 0) is 14.8 Å². The molecule has 0 radical (unpaired) electrons. The molecule has 0 saturated heterocycles. The minimum Gasteiger partial charge on any atom is -0.300 e. The molecule has 0 aromatic rings. The van der Waals surface area contributed by atoms with Crippen LogP contribution in [0.25, 0.3) is 0 Å². The molecule has 0 bridgehead atoms. The summed E-state index contributed by atoms with van der Waals surface area (Å²) in [4.78, 5) is 10.7. The zero-order chi connectivity index (χ0) is 10.3. The lowest BCUT2D eigenvalue weighted by molar-refractivity contribution is -0.129. The van der Waals surface area contributed by atoms with Crippen LogP contribution in [0.15, 0.2) is 0 Å². The van der Waals surface area contributed by atoms with Crippen LogP contribution in [0.3, 0.4) is 0 Å². The number of carbonyl (C=O) groups excluding carboxylic acids is 1. The Labute approximate surface area is 78.6 Å². The van der Waals surface area contributed by atoms with Crippen LogP contribution < -0.4 is 5.14 Å². The summed E-state index contributed by atoms with van der Waals surface area (Å²) in [6.07, 6.45) is 1.00. The second kappa shape index (κ2) is 3.06. The number of primary sulfonamides is 1. The standard InChI is InChI=1S/C8H15NO3S/c1-8(2,5-13(9,11)12)6-3-7(10)4-6/h6H,3-5H2,1-2H3,(H2,9,11,12). The maximum atomic E-state index is 10.9. The molecule has 0 spiro atoms. The highest BCUT2D eigenvalue weighted by Crippen LogP contribution is 2.40. The molecule has 13 heavy (non-hydrogen) atoms. The van der Waals surface area contributed by atoms with Gasteiger partial charge in [-0.15, -0.1) is 0 Å². The molecule has 1 rings (SSSR count). The van der Waals surface area contributed by atoms with Gasteiger partial charge in [-0.25, -0.2) is 13.6 Å². The van der Waals surface area contributed by atoms with E-state index in [-0.39, 0.29) is 22.9 Å². The Hall–Kier alpha value is -0.420. The van der Waals surface area contributed by atoms with E-state index in [1.54, 1.807) is 0 Å². The average molecular weight is 205 g/mol. The summed E-state index contributed by atoms with van der Waals surface area (Å²) in [5.41, 5.74) is -0.374. The third-order valence-electron chi connectivity index (χ3n) is 2.63. The quantitative estimate of drug-likeness (QED) is 0.719. The summed E-state index contributed by atoms with van der Waals surface area (Å²) in [6, 6.07) is 0. The lowest BCUT2D eigenvalue weighted by atomic mass is 9.68. The van der Waals surface area contributed by atoms with E-state index >= 15 is 0 Å². The second-order valence-electron chi connectivity index (χ2n) is 4.44. The molecule has 0 aromatic heterocycles. The first-order valence-electron chi connectivity index (χ1n) is 4.23. The van der Waals surface area contributed by atoms with Crippen molar-refractivity contribution < 1.29 is 13.2 Å². The zero-order valence-corrected chi connectivity index (χ0v) is 8.73. The first-order chi connectivity index (χ1) is 5.71. The van der Waals surface area contributed by atoms with Crippen LogP contribution in [0.5, 0.6) is 0 Å². The largest absolute Gasteiger partial charge is 0.300 e. The van der Waals surface area contributed by atoms with Gasteiger partial charge in [0.2, 0.25) is 10.0 Å². The molecular weight excluding hydrogens is 190 g/mol. The number of hydrogen-bond acceptors (Lipinski definition) is 3. The number of sulfonamides is 1. The first kappa shape index (κ1) is 10.7. The number of Topliss-reactive ketones (excluding diaryl/α,β-unsaturated/α-hetero) is 1. The molecule has 0 unspecified atom stereocenters. The highest BCUT2D eigenvalue weighted by molar-refractivity contribution is 7.89. The molecule has 1 fully saturated rings. The van der Waals surface area contributed by atoms with Crippen molar-refractivity contribution in [3.05, 3.63) is 0 Å². The summed E-state index contributed by atoms with van der Waals surface area (Å²) in [5.74, 6) is 0.351. The maximum absolute atomic E-state index is 10.9. The normalized spacial score (nSPS) is 20.1. The summed E-state index contributed by atoms with van der Waals surface area (Å²) >= 11 is 0. The van der Waals surface area contributed by atoms with E-state index in [1.807, 2.05) is 13.8 Å².